The minimum Gasteiger partial charge on any atom is -0.356 e. The first-order valence-corrected chi connectivity index (χ1v) is 15.2. The molecule has 0 atom stereocenters. The Morgan fingerprint density at radius 2 is 0.841 bits per heavy atom. The molecule has 0 fully saturated rings. The molecule has 1 aliphatic carbocycles. The Morgan fingerprint density at radius 3 is 1.48 bits per heavy atom. The normalized spacial score (nSPS) is 11.5. The van der Waals surface area contributed by atoms with E-state index in [0.29, 0.717) is 0 Å². The molecule has 0 aromatic heterocycles. The van der Waals surface area contributed by atoms with Crippen LogP contribution in [0.2, 0.25) is 0 Å². The first kappa shape index (κ1) is 26.0. The van der Waals surface area contributed by atoms with Gasteiger partial charge in [-0.1, -0.05) is 133 Å². The number of hydrogen-bond acceptors (Lipinski definition) is 1. The van der Waals surface area contributed by atoms with Crippen molar-refractivity contribution < 1.29 is 0 Å². The predicted molar refractivity (Wildman–Crippen MR) is 186 cm³/mol. The zero-order chi connectivity index (χ0) is 29.3. The minimum absolute atomic E-state index is 0.990. The molecule has 0 saturated heterocycles. The second-order valence-electron chi connectivity index (χ2n) is 11.5. The summed E-state index contributed by atoms with van der Waals surface area (Å²) < 4.78 is 0. The van der Waals surface area contributed by atoms with E-state index in [1.165, 1.54) is 66.8 Å². The van der Waals surface area contributed by atoms with Crippen molar-refractivity contribution in [2.45, 2.75) is 6.42 Å². The van der Waals surface area contributed by atoms with Gasteiger partial charge in [0.2, 0.25) is 0 Å². The van der Waals surface area contributed by atoms with Crippen LogP contribution < -0.4 is 5.32 Å². The van der Waals surface area contributed by atoms with Gasteiger partial charge < -0.3 is 5.32 Å². The first-order valence-electron chi connectivity index (χ1n) is 15.2. The van der Waals surface area contributed by atoms with Gasteiger partial charge in [0.05, 0.1) is 0 Å². The van der Waals surface area contributed by atoms with Gasteiger partial charge in [-0.2, -0.15) is 0 Å². The third-order valence-electron chi connectivity index (χ3n) is 8.67. The zero-order valence-electron chi connectivity index (χ0n) is 24.4. The average molecular weight is 562 g/mol. The van der Waals surface area contributed by atoms with Crippen LogP contribution >= 0.6 is 0 Å². The van der Waals surface area contributed by atoms with Crippen molar-refractivity contribution in [2.24, 2.45) is 0 Å². The van der Waals surface area contributed by atoms with E-state index in [1.54, 1.807) is 0 Å². The van der Waals surface area contributed by atoms with Crippen LogP contribution in [0, 0.1) is 0 Å². The van der Waals surface area contributed by atoms with Crippen molar-refractivity contribution in [2.75, 3.05) is 5.32 Å². The predicted octanol–water partition coefficient (Wildman–Crippen LogP) is 11.7. The molecule has 0 amide bonds. The van der Waals surface area contributed by atoms with Gasteiger partial charge in [0.25, 0.3) is 0 Å². The summed E-state index contributed by atoms with van der Waals surface area (Å²) in [7, 11) is 0. The Morgan fingerprint density at radius 1 is 0.318 bits per heavy atom. The number of benzene rings is 7. The smallest absolute Gasteiger partial charge is 0.0387 e. The van der Waals surface area contributed by atoms with Gasteiger partial charge in [0.1, 0.15) is 0 Å². The molecule has 1 heteroatoms. The SMILES string of the molecule is c1ccc(-c2cc(-c3ccccc3)c(-c3ccc(Nc4ccc5c(c4)Cc4ccccc4-5)cc3)c(-c3ccccc3)c2)cc1. The summed E-state index contributed by atoms with van der Waals surface area (Å²) in [5.41, 5.74) is 17.4. The van der Waals surface area contributed by atoms with Crippen molar-refractivity contribution in [3.63, 3.8) is 0 Å². The van der Waals surface area contributed by atoms with Gasteiger partial charge in [-0.25, -0.2) is 0 Å². The van der Waals surface area contributed by atoms with Gasteiger partial charge in [-0.3, -0.25) is 0 Å². The van der Waals surface area contributed by atoms with Crippen molar-refractivity contribution >= 4 is 11.4 Å². The third-order valence-corrected chi connectivity index (χ3v) is 8.67. The highest BCUT2D eigenvalue weighted by atomic mass is 14.9. The largest absolute Gasteiger partial charge is 0.356 e. The molecule has 44 heavy (non-hydrogen) atoms. The van der Waals surface area contributed by atoms with Gasteiger partial charge in [0, 0.05) is 11.4 Å². The lowest BCUT2D eigenvalue weighted by Crippen LogP contribution is -1.94. The first-order chi connectivity index (χ1) is 21.8. The fraction of sp³-hybridized carbons (Fsp3) is 0.0233. The molecular weight excluding hydrogens is 530 g/mol. The summed E-state index contributed by atoms with van der Waals surface area (Å²) in [6.45, 7) is 0. The molecule has 0 heterocycles. The van der Waals surface area contributed by atoms with Crippen molar-refractivity contribution in [1.82, 2.24) is 0 Å². The third kappa shape index (κ3) is 4.89. The number of anilines is 2. The minimum atomic E-state index is 0.990. The maximum absolute atomic E-state index is 3.66. The quantitative estimate of drug-likeness (QED) is 0.213. The highest BCUT2D eigenvalue weighted by molar-refractivity contribution is 5.98. The monoisotopic (exact) mass is 561 g/mol. The Kier molecular flexibility index (Phi) is 6.62. The Hall–Kier alpha value is -5.66. The van der Waals surface area contributed by atoms with E-state index in [2.05, 4.69) is 175 Å². The molecule has 7 aromatic rings. The zero-order valence-corrected chi connectivity index (χ0v) is 24.4. The number of hydrogen-bond donors (Lipinski definition) is 1. The van der Waals surface area contributed by atoms with Crippen LogP contribution in [0.15, 0.2) is 170 Å². The lowest BCUT2D eigenvalue weighted by molar-refractivity contribution is 1.26. The molecule has 0 saturated carbocycles. The molecular formula is C43H31N. The molecule has 1 nitrogen and oxygen atoms in total. The van der Waals surface area contributed by atoms with Gasteiger partial charge in [-0.05, 0) is 110 Å². The van der Waals surface area contributed by atoms with Crippen LogP contribution in [-0.2, 0) is 6.42 Å². The Bertz CT molecular complexity index is 2020. The highest BCUT2D eigenvalue weighted by Crippen LogP contribution is 2.44. The Balaban J connectivity index is 1.21. The second kappa shape index (κ2) is 11.2. The van der Waals surface area contributed by atoms with E-state index in [0.717, 1.165) is 17.8 Å². The number of nitrogens with one attached hydrogen (secondary N) is 1. The van der Waals surface area contributed by atoms with E-state index in [9.17, 15) is 0 Å². The van der Waals surface area contributed by atoms with Gasteiger partial charge in [0.15, 0.2) is 0 Å². The molecule has 0 bridgehead atoms. The molecule has 7 aromatic carbocycles. The van der Waals surface area contributed by atoms with E-state index >= 15 is 0 Å². The fourth-order valence-electron chi connectivity index (χ4n) is 6.55. The summed E-state index contributed by atoms with van der Waals surface area (Å²) in [4.78, 5) is 0. The highest BCUT2D eigenvalue weighted by Gasteiger charge is 2.19. The summed E-state index contributed by atoms with van der Waals surface area (Å²) in [6, 6.07) is 61.3. The van der Waals surface area contributed by atoms with Crippen LogP contribution in [-0.4, -0.2) is 0 Å². The molecule has 0 spiro atoms. The molecule has 8 rings (SSSR count). The molecule has 1 aliphatic rings. The summed E-state index contributed by atoms with van der Waals surface area (Å²) in [5.74, 6) is 0. The van der Waals surface area contributed by atoms with Crippen molar-refractivity contribution in [1.29, 1.82) is 0 Å². The van der Waals surface area contributed by atoms with Crippen LogP contribution in [0.1, 0.15) is 11.1 Å². The van der Waals surface area contributed by atoms with Crippen LogP contribution in [0.4, 0.5) is 11.4 Å². The summed E-state index contributed by atoms with van der Waals surface area (Å²) in [6.07, 6.45) is 0.990. The van der Waals surface area contributed by atoms with E-state index in [1.807, 2.05) is 0 Å². The molecule has 0 unspecified atom stereocenters. The van der Waals surface area contributed by atoms with Gasteiger partial charge in [-0.15, -0.1) is 0 Å². The van der Waals surface area contributed by atoms with Gasteiger partial charge >= 0.3 is 0 Å². The fourth-order valence-corrected chi connectivity index (χ4v) is 6.55. The average Bonchev–Trinajstić information content (AvgIpc) is 3.47. The van der Waals surface area contributed by atoms with E-state index in [4.69, 9.17) is 0 Å². The maximum Gasteiger partial charge on any atom is 0.0387 e. The number of rotatable bonds is 6. The van der Waals surface area contributed by atoms with Crippen molar-refractivity contribution in [3.8, 4) is 55.6 Å². The molecule has 0 radical (unpaired) electrons. The molecule has 1 N–H and O–H groups in total. The van der Waals surface area contributed by atoms with E-state index in [-0.39, 0.29) is 0 Å². The van der Waals surface area contributed by atoms with Crippen LogP contribution in [0.25, 0.3) is 55.6 Å². The summed E-state index contributed by atoms with van der Waals surface area (Å²) in [5, 5.41) is 3.66. The van der Waals surface area contributed by atoms with Crippen LogP contribution in [0.3, 0.4) is 0 Å². The molecule has 0 aliphatic heterocycles. The number of fused-ring (bicyclic) bond motifs is 3. The summed E-state index contributed by atoms with van der Waals surface area (Å²) >= 11 is 0. The van der Waals surface area contributed by atoms with Crippen molar-refractivity contribution in [3.05, 3.63) is 181 Å². The molecule has 208 valence electrons. The Labute approximate surface area is 259 Å². The lowest BCUT2D eigenvalue weighted by Gasteiger charge is -2.19. The second-order valence-corrected chi connectivity index (χ2v) is 11.5. The van der Waals surface area contributed by atoms with E-state index < -0.39 is 0 Å². The topological polar surface area (TPSA) is 12.0 Å². The maximum atomic E-state index is 3.66. The standard InChI is InChI=1S/C43H31N/c1-4-12-30(13-5-1)35-28-41(31-14-6-2-7-15-31)43(42(29-35)32-16-8-3-9-17-32)33-20-22-37(23-21-33)44-38-24-25-40-36(27-38)26-34-18-10-11-19-39(34)40/h1-25,27-29,44H,26H2. The van der Waals surface area contributed by atoms with Crippen LogP contribution in [0.5, 0.6) is 0 Å². The lowest BCUT2D eigenvalue weighted by atomic mass is 9.84.